The van der Waals surface area contributed by atoms with Crippen LogP contribution in [0.3, 0.4) is 0 Å². The van der Waals surface area contributed by atoms with Crippen LogP contribution >= 0.6 is 0 Å². The number of allylic oxidation sites excluding steroid dienone is 1. The average molecular weight is 211 g/mol. The molecular formula is C14H13NO. The minimum Gasteiger partial charge on any atom is -0.347 e. The van der Waals surface area contributed by atoms with Gasteiger partial charge in [0, 0.05) is 23.7 Å². The molecule has 0 saturated carbocycles. The molecule has 0 spiro atoms. The minimum absolute atomic E-state index is 0.166. The molecule has 0 unspecified atom stereocenters. The van der Waals surface area contributed by atoms with E-state index in [1.807, 2.05) is 37.4 Å². The molecule has 1 aromatic carbocycles. The Labute approximate surface area is 93.8 Å². The summed E-state index contributed by atoms with van der Waals surface area (Å²) in [5.41, 5.74) is 3.22. The molecule has 1 aliphatic rings. The minimum atomic E-state index is 0.166. The molecule has 2 aromatic rings. The molecule has 3 rings (SSSR count). The molecule has 0 bridgehead atoms. The summed E-state index contributed by atoms with van der Waals surface area (Å²) in [6.45, 7) is 0. The van der Waals surface area contributed by atoms with Gasteiger partial charge in [-0.2, -0.15) is 0 Å². The van der Waals surface area contributed by atoms with Crippen molar-refractivity contribution in [2.75, 3.05) is 0 Å². The van der Waals surface area contributed by atoms with Crippen LogP contribution in [-0.2, 0) is 13.5 Å². The molecule has 16 heavy (non-hydrogen) atoms. The van der Waals surface area contributed by atoms with Gasteiger partial charge in [-0.25, -0.2) is 0 Å². The Kier molecular flexibility index (Phi) is 1.96. The number of pyridine rings is 1. The van der Waals surface area contributed by atoms with E-state index in [0.29, 0.717) is 0 Å². The molecule has 2 nitrogen and oxygen atoms in total. The lowest BCUT2D eigenvalue weighted by molar-refractivity contribution is 0.806. The van der Waals surface area contributed by atoms with Gasteiger partial charge in [-0.1, -0.05) is 24.3 Å². The summed E-state index contributed by atoms with van der Waals surface area (Å²) < 4.78 is 2.15. The zero-order valence-corrected chi connectivity index (χ0v) is 9.23. The van der Waals surface area contributed by atoms with E-state index in [4.69, 9.17) is 0 Å². The molecule has 80 valence electrons. The second-order valence-electron chi connectivity index (χ2n) is 4.21. The van der Waals surface area contributed by atoms with Crippen LogP contribution in [-0.4, -0.2) is 4.57 Å². The van der Waals surface area contributed by atoms with Crippen molar-refractivity contribution in [2.45, 2.75) is 12.8 Å². The summed E-state index contributed by atoms with van der Waals surface area (Å²) in [7, 11) is 2.04. The van der Waals surface area contributed by atoms with Crippen LogP contribution in [0.25, 0.3) is 17.0 Å². The van der Waals surface area contributed by atoms with E-state index in [9.17, 15) is 4.79 Å². The first-order chi connectivity index (χ1) is 7.79. The first-order valence-electron chi connectivity index (χ1n) is 5.56. The van der Waals surface area contributed by atoms with Crippen LogP contribution in [0.15, 0.2) is 35.1 Å². The third-order valence-electron chi connectivity index (χ3n) is 3.30. The molecule has 0 radical (unpaired) electrons. The zero-order valence-electron chi connectivity index (χ0n) is 9.23. The van der Waals surface area contributed by atoms with Gasteiger partial charge in [-0.15, -0.1) is 0 Å². The van der Waals surface area contributed by atoms with Crippen molar-refractivity contribution >= 4 is 17.0 Å². The Bertz CT molecular complexity index is 650. The second-order valence-corrected chi connectivity index (χ2v) is 4.21. The fourth-order valence-electron chi connectivity index (χ4n) is 2.46. The van der Waals surface area contributed by atoms with Gasteiger partial charge in [-0.05, 0) is 25.0 Å². The number of rotatable bonds is 0. The third-order valence-corrected chi connectivity index (χ3v) is 3.30. The number of hydrogen-bond acceptors (Lipinski definition) is 1. The normalized spacial score (nSPS) is 14.1. The molecule has 1 aromatic heterocycles. The van der Waals surface area contributed by atoms with Gasteiger partial charge in [0.25, 0.3) is 0 Å². The fraction of sp³-hybridized carbons (Fsp3) is 0.214. The Hall–Kier alpha value is -1.83. The summed E-state index contributed by atoms with van der Waals surface area (Å²) >= 11 is 0. The van der Waals surface area contributed by atoms with Crippen LogP contribution in [0, 0.1) is 0 Å². The number of fused-ring (bicyclic) bond motifs is 2. The first-order valence-corrected chi connectivity index (χ1v) is 5.56. The summed E-state index contributed by atoms with van der Waals surface area (Å²) in [4.78, 5) is 12.3. The van der Waals surface area contributed by atoms with Gasteiger partial charge in [0.1, 0.15) is 0 Å². The van der Waals surface area contributed by atoms with E-state index < -0.39 is 0 Å². The highest BCUT2D eigenvalue weighted by atomic mass is 16.1. The quantitative estimate of drug-likeness (QED) is 0.656. The number of benzene rings is 1. The van der Waals surface area contributed by atoms with Gasteiger partial charge in [-0.3, -0.25) is 4.79 Å². The van der Waals surface area contributed by atoms with E-state index in [2.05, 4.69) is 10.6 Å². The predicted molar refractivity (Wildman–Crippen MR) is 66.5 cm³/mol. The molecule has 0 N–H and O–H groups in total. The highest BCUT2D eigenvalue weighted by molar-refractivity contribution is 5.82. The highest BCUT2D eigenvalue weighted by Gasteiger charge is 2.14. The number of hydrogen-bond donors (Lipinski definition) is 0. The van der Waals surface area contributed by atoms with Crippen molar-refractivity contribution in [1.29, 1.82) is 0 Å². The summed E-state index contributed by atoms with van der Waals surface area (Å²) in [5, 5.41) is 0.815. The van der Waals surface area contributed by atoms with Crippen molar-refractivity contribution in [3.63, 3.8) is 0 Å². The second kappa shape index (κ2) is 3.34. The number of aryl methyl sites for hydroxylation is 1. The van der Waals surface area contributed by atoms with Crippen molar-refractivity contribution in [1.82, 2.24) is 4.57 Å². The van der Waals surface area contributed by atoms with Gasteiger partial charge in [0.2, 0.25) is 0 Å². The van der Waals surface area contributed by atoms with Crippen molar-refractivity contribution in [2.24, 2.45) is 7.05 Å². The largest absolute Gasteiger partial charge is 0.347 e. The molecule has 1 heterocycles. The number of para-hydroxylation sites is 1. The Morgan fingerprint density at radius 3 is 2.94 bits per heavy atom. The SMILES string of the molecule is Cn1c2c(c(=O)c3ccccc31)C=CCC2. The molecule has 1 aliphatic carbocycles. The maximum Gasteiger partial charge on any atom is 0.196 e. The maximum absolute atomic E-state index is 12.3. The Morgan fingerprint density at radius 1 is 1.25 bits per heavy atom. The van der Waals surface area contributed by atoms with E-state index in [1.165, 1.54) is 0 Å². The Morgan fingerprint density at radius 2 is 2.06 bits per heavy atom. The van der Waals surface area contributed by atoms with Crippen molar-refractivity contribution in [3.05, 3.63) is 51.8 Å². The fourth-order valence-corrected chi connectivity index (χ4v) is 2.46. The molecule has 0 amide bonds. The van der Waals surface area contributed by atoms with E-state index in [1.54, 1.807) is 0 Å². The molecular weight excluding hydrogens is 198 g/mol. The van der Waals surface area contributed by atoms with Crippen LogP contribution in [0.4, 0.5) is 0 Å². The van der Waals surface area contributed by atoms with Crippen molar-refractivity contribution in [3.8, 4) is 0 Å². The lowest BCUT2D eigenvalue weighted by atomic mass is 9.99. The van der Waals surface area contributed by atoms with E-state index >= 15 is 0 Å². The van der Waals surface area contributed by atoms with Crippen LogP contribution in [0.1, 0.15) is 17.7 Å². The lowest BCUT2D eigenvalue weighted by Crippen LogP contribution is -2.18. The van der Waals surface area contributed by atoms with E-state index in [0.717, 1.165) is 35.0 Å². The summed E-state index contributed by atoms with van der Waals surface area (Å²) in [6, 6.07) is 7.81. The van der Waals surface area contributed by atoms with Crippen molar-refractivity contribution < 1.29 is 0 Å². The standard InChI is InChI=1S/C14H13NO/c1-15-12-8-4-2-6-10(12)14(16)11-7-3-5-9-13(11)15/h2-4,6-8H,5,9H2,1H3. The zero-order chi connectivity index (χ0) is 11.1. The van der Waals surface area contributed by atoms with Gasteiger partial charge in [0.15, 0.2) is 5.43 Å². The molecule has 2 heteroatoms. The smallest absolute Gasteiger partial charge is 0.196 e. The summed E-state index contributed by atoms with van der Waals surface area (Å²) in [6.07, 6.45) is 6.03. The molecule has 0 saturated heterocycles. The molecule has 0 fully saturated rings. The third kappa shape index (κ3) is 1.16. The predicted octanol–water partition coefficient (Wildman–Crippen LogP) is 2.50. The molecule has 0 atom stereocenters. The van der Waals surface area contributed by atoms with Crippen LogP contribution < -0.4 is 5.43 Å². The van der Waals surface area contributed by atoms with Crippen LogP contribution in [0.2, 0.25) is 0 Å². The monoisotopic (exact) mass is 211 g/mol. The average Bonchev–Trinajstić information content (AvgIpc) is 2.36. The topological polar surface area (TPSA) is 22.0 Å². The van der Waals surface area contributed by atoms with Crippen LogP contribution in [0.5, 0.6) is 0 Å². The molecule has 0 aliphatic heterocycles. The van der Waals surface area contributed by atoms with E-state index in [-0.39, 0.29) is 5.43 Å². The highest BCUT2D eigenvalue weighted by Crippen LogP contribution is 2.20. The lowest BCUT2D eigenvalue weighted by Gasteiger charge is -2.17. The Balaban J connectivity index is 2.55. The summed E-state index contributed by atoms with van der Waals surface area (Å²) in [5.74, 6) is 0. The van der Waals surface area contributed by atoms with Gasteiger partial charge in [0.05, 0.1) is 5.52 Å². The maximum atomic E-state index is 12.3. The first kappa shape index (κ1) is 9.40. The number of aromatic nitrogens is 1. The van der Waals surface area contributed by atoms with Gasteiger partial charge >= 0.3 is 0 Å². The van der Waals surface area contributed by atoms with Gasteiger partial charge < -0.3 is 4.57 Å². The number of nitrogens with zero attached hydrogens (tertiary/aromatic N) is 1.